The largest absolute Gasteiger partial charge is 0.497 e. The Hall–Kier alpha value is -2.74. The monoisotopic (exact) mass is 401 g/mol. The summed E-state index contributed by atoms with van der Waals surface area (Å²) in [4.78, 5) is 24.2. The van der Waals surface area contributed by atoms with E-state index in [0.29, 0.717) is 11.8 Å². The van der Waals surface area contributed by atoms with Gasteiger partial charge in [0.05, 0.1) is 23.9 Å². The summed E-state index contributed by atoms with van der Waals surface area (Å²) in [7, 11) is 1.46. The minimum atomic E-state index is -4.71. The highest BCUT2D eigenvalue weighted by Crippen LogP contribution is 2.36. The molecule has 0 saturated heterocycles. The van der Waals surface area contributed by atoms with Crippen LogP contribution in [0.25, 0.3) is 0 Å². The van der Waals surface area contributed by atoms with Gasteiger partial charge in [-0.3, -0.25) is 4.79 Å². The molecule has 5 nitrogen and oxygen atoms in total. The third kappa shape index (κ3) is 5.37. The van der Waals surface area contributed by atoms with Crippen LogP contribution in [0.2, 0.25) is 5.02 Å². The maximum absolute atomic E-state index is 13.1. The van der Waals surface area contributed by atoms with Gasteiger partial charge >= 0.3 is 12.1 Å². The molecule has 0 aromatic heterocycles. The lowest BCUT2D eigenvalue weighted by atomic mass is 10.1. The van der Waals surface area contributed by atoms with Gasteiger partial charge in [0.1, 0.15) is 5.75 Å². The fourth-order valence-corrected chi connectivity index (χ4v) is 2.28. The van der Waals surface area contributed by atoms with Crippen LogP contribution in [-0.4, -0.2) is 25.1 Å². The van der Waals surface area contributed by atoms with Crippen LogP contribution in [0, 0.1) is 0 Å². The molecule has 2 aromatic rings. The van der Waals surface area contributed by atoms with Crippen LogP contribution < -0.4 is 10.1 Å². The summed E-state index contributed by atoms with van der Waals surface area (Å²) in [5.41, 5.74) is -1.42. The summed E-state index contributed by atoms with van der Waals surface area (Å²) in [6, 6.07) is 8.88. The third-order valence-corrected chi connectivity index (χ3v) is 3.76. The number of halogens is 4. The van der Waals surface area contributed by atoms with Gasteiger partial charge in [0, 0.05) is 5.02 Å². The lowest BCUT2D eigenvalue weighted by molar-refractivity contribution is -0.137. The lowest BCUT2D eigenvalue weighted by Gasteiger charge is -2.17. The predicted octanol–water partition coefficient (Wildman–Crippen LogP) is 4.55. The Bertz CT molecular complexity index is 837. The molecule has 1 amide bonds. The number of amides is 1. The average Bonchev–Trinajstić information content (AvgIpc) is 2.62. The zero-order chi connectivity index (χ0) is 20.2. The van der Waals surface area contributed by atoms with Crippen LogP contribution in [0.15, 0.2) is 42.5 Å². The van der Waals surface area contributed by atoms with Gasteiger partial charge in [-0.15, -0.1) is 0 Å². The Labute approximate surface area is 158 Å². The summed E-state index contributed by atoms with van der Waals surface area (Å²) in [6.07, 6.45) is -6.03. The third-order valence-electron chi connectivity index (χ3n) is 3.52. The molecule has 9 heteroatoms. The summed E-state index contributed by atoms with van der Waals surface area (Å²) < 4.78 is 49.2. The number of anilines is 1. The van der Waals surface area contributed by atoms with Crippen molar-refractivity contribution in [3.8, 4) is 5.75 Å². The first-order chi connectivity index (χ1) is 12.6. The van der Waals surface area contributed by atoms with Crippen molar-refractivity contribution in [2.24, 2.45) is 0 Å². The van der Waals surface area contributed by atoms with E-state index in [0.717, 1.165) is 6.07 Å². The summed E-state index contributed by atoms with van der Waals surface area (Å²) in [5.74, 6) is -1.18. The van der Waals surface area contributed by atoms with Crippen molar-refractivity contribution in [3.63, 3.8) is 0 Å². The molecule has 0 bridgehead atoms. The maximum Gasteiger partial charge on any atom is 0.418 e. The quantitative estimate of drug-likeness (QED) is 0.746. The molecule has 1 N–H and O–H groups in total. The van der Waals surface area contributed by atoms with Crippen LogP contribution in [0.4, 0.5) is 18.9 Å². The van der Waals surface area contributed by atoms with Crippen molar-refractivity contribution in [3.05, 3.63) is 58.6 Å². The first kappa shape index (κ1) is 20.6. The van der Waals surface area contributed by atoms with Gasteiger partial charge in [0.2, 0.25) is 0 Å². The lowest BCUT2D eigenvalue weighted by Crippen LogP contribution is -2.30. The molecule has 2 rings (SSSR count). The van der Waals surface area contributed by atoms with Crippen molar-refractivity contribution < 1.29 is 32.2 Å². The number of ether oxygens (including phenoxy) is 2. The van der Waals surface area contributed by atoms with E-state index >= 15 is 0 Å². The second-order valence-corrected chi connectivity index (χ2v) is 5.89. The molecule has 0 aliphatic carbocycles. The Morgan fingerprint density at radius 3 is 2.30 bits per heavy atom. The minimum Gasteiger partial charge on any atom is -0.497 e. The molecule has 2 aromatic carbocycles. The molecular formula is C18H15ClF3NO4. The zero-order valence-corrected chi connectivity index (χ0v) is 15.0. The number of hydrogen-bond donors (Lipinski definition) is 1. The molecule has 1 atom stereocenters. The standard InChI is InChI=1S/C18H15ClF3NO4/c1-10(27-17(25)11-3-6-13(26-2)7-4-11)16(24)23-15-8-5-12(19)9-14(15)18(20,21)22/h3-10H,1-2H3,(H,23,24). The molecule has 0 fully saturated rings. The molecule has 0 aliphatic heterocycles. The number of hydrogen-bond acceptors (Lipinski definition) is 4. The van der Waals surface area contributed by atoms with Crippen molar-refractivity contribution in [1.29, 1.82) is 0 Å². The van der Waals surface area contributed by atoms with Crippen LogP contribution in [0.3, 0.4) is 0 Å². The fourth-order valence-electron chi connectivity index (χ4n) is 2.10. The Kier molecular flexibility index (Phi) is 6.32. The topological polar surface area (TPSA) is 64.6 Å². The molecule has 144 valence electrons. The molecule has 0 aliphatic rings. The second kappa shape index (κ2) is 8.30. The minimum absolute atomic E-state index is 0.126. The summed E-state index contributed by atoms with van der Waals surface area (Å²) in [5, 5.41) is 1.98. The number of methoxy groups -OCH3 is 1. The molecule has 27 heavy (non-hydrogen) atoms. The van der Waals surface area contributed by atoms with Gasteiger partial charge in [-0.1, -0.05) is 11.6 Å². The molecule has 0 spiro atoms. The van der Waals surface area contributed by atoms with E-state index in [9.17, 15) is 22.8 Å². The van der Waals surface area contributed by atoms with E-state index in [4.69, 9.17) is 21.1 Å². The van der Waals surface area contributed by atoms with E-state index in [2.05, 4.69) is 5.32 Å². The van der Waals surface area contributed by atoms with Gasteiger partial charge in [0.15, 0.2) is 6.10 Å². The van der Waals surface area contributed by atoms with E-state index in [1.807, 2.05) is 0 Å². The van der Waals surface area contributed by atoms with E-state index in [-0.39, 0.29) is 10.6 Å². The van der Waals surface area contributed by atoms with E-state index in [1.165, 1.54) is 44.4 Å². The van der Waals surface area contributed by atoms with E-state index < -0.39 is 35.4 Å². The Balaban J connectivity index is 2.08. The number of carbonyl (C=O) groups excluding carboxylic acids is 2. The number of alkyl halides is 3. The summed E-state index contributed by atoms with van der Waals surface area (Å²) in [6.45, 7) is 1.25. The predicted molar refractivity (Wildman–Crippen MR) is 93.0 cm³/mol. The van der Waals surface area contributed by atoms with Gasteiger partial charge in [-0.2, -0.15) is 13.2 Å². The van der Waals surface area contributed by atoms with Crippen LogP contribution in [0.1, 0.15) is 22.8 Å². The Morgan fingerprint density at radius 2 is 1.74 bits per heavy atom. The highest BCUT2D eigenvalue weighted by atomic mass is 35.5. The van der Waals surface area contributed by atoms with Crippen molar-refractivity contribution >= 4 is 29.2 Å². The molecule has 0 saturated carbocycles. The van der Waals surface area contributed by atoms with Crippen LogP contribution >= 0.6 is 11.6 Å². The summed E-state index contributed by atoms with van der Waals surface area (Å²) >= 11 is 5.59. The number of benzene rings is 2. The highest BCUT2D eigenvalue weighted by Gasteiger charge is 2.34. The van der Waals surface area contributed by atoms with Crippen LogP contribution in [0.5, 0.6) is 5.75 Å². The SMILES string of the molecule is COc1ccc(C(=O)OC(C)C(=O)Nc2ccc(Cl)cc2C(F)(F)F)cc1. The number of rotatable bonds is 5. The maximum atomic E-state index is 13.1. The van der Waals surface area contributed by atoms with E-state index in [1.54, 1.807) is 0 Å². The second-order valence-electron chi connectivity index (χ2n) is 5.45. The van der Waals surface area contributed by atoms with Crippen molar-refractivity contribution in [2.75, 3.05) is 12.4 Å². The fraction of sp³-hybridized carbons (Fsp3) is 0.222. The Morgan fingerprint density at radius 1 is 1.11 bits per heavy atom. The van der Waals surface area contributed by atoms with Gasteiger partial charge in [-0.05, 0) is 49.4 Å². The molecule has 0 radical (unpaired) electrons. The first-order valence-electron chi connectivity index (χ1n) is 7.64. The average molecular weight is 402 g/mol. The van der Waals surface area contributed by atoms with Gasteiger partial charge in [-0.25, -0.2) is 4.79 Å². The number of nitrogens with one attached hydrogen (secondary N) is 1. The first-order valence-corrected chi connectivity index (χ1v) is 8.02. The number of esters is 1. The molecule has 0 heterocycles. The normalized spacial score (nSPS) is 12.2. The smallest absolute Gasteiger partial charge is 0.418 e. The zero-order valence-electron chi connectivity index (χ0n) is 14.3. The molecule has 1 unspecified atom stereocenters. The number of carbonyl (C=O) groups is 2. The highest BCUT2D eigenvalue weighted by molar-refractivity contribution is 6.30. The molecular weight excluding hydrogens is 387 g/mol. The van der Waals surface area contributed by atoms with Crippen molar-refractivity contribution in [2.45, 2.75) is 19.2 Å². The van der Waals surface area contributed by atoms with Gasteiger partial charge < -0.3 is 14.8 Å². The van der Waals surface area contributed by atoms with Gasteiger partial charge in [0.25, 0.3) is 5.91 Å². The van der Waals surface area contributed by atoms with Crippen LogP contribution in [-0.2, 0) is 15.7 Å². The van der Waals surface area contributed by atoms with Crippen molar-refractivity contribution in [1.82, 2.24) is 0 Å².